The normalized spacial score (nSPS) is 17.4. The highest BCUT2D eigenvalue weighted by Gasteiger charge is 2.24. The van der Waals surface area contributed by atoms with Gasteiger partial charge in [-0.3, -0.25) is 0 Å². The molecule has 0 heterocycles. The van der Waals surface area contributed by atoms with Gasteiger partial charge in [0.05, 0.1) is 6.61 Å². The van der Waals surface area contributed by atoms with Crippen molar-refractivity contribution in [2.45, 2.75) is 105 Å². The SMILES string of the molecule is CCc1cc(-c2ccc(-c3ccc(C4CCC(C)CC4)cc3)c(F)c2F)c(CC)c(CC)c1OCC(CC)CC. The number of hydrogen-bond acceptors (Lipinski definition) is 1. The predicted octanol–water partition coefficient (Wildman–Crippen LogP) is 11.1. The molecule has 0 aromatic heterocycles. The van der Waals surface area contributed by atoms with Gasteiger partial charge in [-0.15, -0.1) is 0 Å². The lowest BCUT2D eigenvalue weighted by Crippen LogP contribution is -2.13. The second kappa shape index (κ2) is 13.8. The van der Waals surface area contributed by atoms with Gasteiger partial charge in [0.2, 0.25) is 0 Å². The van der Waals surface area contributed by atoms with E-state index in [1.807, 2.05) is 18.2 Å². The van der Waals surface area contributed by atoms with E-state index in [0.29, 0.717) is 29.6 Å². The fraction of sp³-hybridized carbons (Fsp3) is 0.514. The maximum Gasteiger partial charge on any atom is 0.167 e. The number of benzene rings is 3. The van der Waals surface area contributed by atoms with E-state index in [9.17, 15) is 0 Å². The minimum atomic E-state index is -0.774. The Balaban J connectivity index is 1.69. The molecule has 3 aromatic carbocycles. The Morgan fingerprint density at radius 1 is 0.725 bits per heavy atom. The van der Waals surface area contributed by atoms with Gasteiger partial charge in [0.15, 0.2) is 11.6 Å². The number of rotatable bonds is 11. The third-order valence-electron chi connectivity index (χ3n) is 9.36. The summed E-state index contributed by atoms with van der Waals surface area (Å²) in [5.74, 6) is 1.29. The van der Waals surface area contributed by atoms with Crippen molar-refractivity contribution in [2.75, 3.05) is 6.61 Å². The summed E-state index contributed by atoms with van der Waals surface area (Å²) in [6, 6.07) is 13.7. The number of ether oxygens (including phenoxy) is 1. The minimum Gasteiger partial charge on any atom is -0.493 e. The molecule has 0 radical (unpaired) electrons. The first kappa shape index (κ1) is 30.3. The second-order valence-corrected chi connectivity index (χ2v) is 11.8. The summed E-state index contributed by atoms with van der Waals surface area (Å²) >= 11 is 0. The van der Waals surface area contributed by atoms with Crippen LogP contribution in [0.2, 0.25) is 0 Å². The molecule has 1 aliphatic carbocycles. The van der Waals surface area contributed by atoms with E-state index in [1.54, 1.807) is 12.1 Å². The van der Waals surface area contributed by atoms with Gasteiger partial charge in [-0.25, -0.2) is 8.78 Å². The van der Waals surface area contributed by atoms with E-state index in [0.717, 1.165) is 71.6 Å². The van der Waals surface area contributed by atoms with Gasteiger partial charge in [0.1, 0.15) is 5.75 Å². The Morgan fingerprint density at radius 2 is 1.32 bits per heavy atom. The number of hydrogen-bond donors (Lipinski definition) is 0. The average molecular weight is 547 g/mol. The average Bonchev–Trinajstić information content (AvgIpc) is 2.99. The van der Waals surface area contributed by atoms with Crippen molar-refractivity contribution in [2.24, 2.45) is 11.8 Å². The highest BCUT2D eigenvalue weighted by Crippen LogP contribution is 2.41. The van der Waals surface area contributed by atoms with Crippen LogP contribution in [-0.4, -0.2) is 6.61 Å². The smallest absolute Gasteiger partial charge is 0.167 e. The molecular formula is C37H48F2O. The van der Waals surface area contributed by atoms with Crippen LogP contribution in [0.15, 0.2) is 42.5 Å². The first-order chi connectivity index (χ1) is 19.4. The lowest BCUT2D eigenvalue weighted by molar-refractivity contribution is 0.236. The quantitative estimate of drug-likeness (QED) is 0.232. The molecule has 0 unspecified atom stereocenters. The molecule has 0 spiro atoms. The summed E-state index contributed by atoms with van der Waals surface area (Å²) in [7, 11) is 0. The van der Waals surface area contributed by atoms with Crippen LogP contribution in [0.1, 0.15) is 108 Å². The molecule has 0 aliphatic heterocycles. The predicted molar refractivity (Wildman–Crippen MR) is 165 cm³/mol. The molecule has 40 heavy (non-hydrogen) atoms. The van der Waals surface area contributed by atoms with Crippen molar-refractivity contribution in [3.63, 3.8) is 0 Å². The van der Waals surface area contributed by atoms with Gasteiger partial charge < -0.3 is 4.74 Å². The van der Waals surface area contributed by atoms with E-state index < -0.39 is 11.6 Å². The molecular weight excluding hydrogens is 498 g/mol. The third-order valence-corrected chi connectivity index (χ3v) is 9.36. The van der Waals surface area contributed by atoms with E-state index in [1.165, 1.54) is 31.2 Å². The molecule has 0 atom stereocenters. The Morgan fingerprint density at radius 3 is 1.90 bits per heavy atom. The molecule has 1 fully saturated rings. The largest absolute Gasteiger partial charge is 0.493 e. The van der Waals surface area contributed by atoms with Gasteiger partial charge in [0.25, 0.3) is 0 Å². The summed E-state index contributed by atoms with van der Waals surface area (Å²) in [6.45, 7) is 13.7. The number of halogens is 2. The molecule has 0 N–H and O–H groups in total. The Bertz CT molecular complexity index is 1260. The molecule has 0 saturated heterocycles. The zero-order valence-electron chi connectivity index (χ0n) is 25.5. The van der Waals surface area contributed by atoms with E-state index in [2.05, 4.69) is 53.7 Å². The van der Waals surface area contributed by atoms with Gasteiger partial charge in [-0.1, -0.05) is 104 Å². The van der Waals surface area contributed by atoms with E-state index in [4.69, 9.17) is 4.74 Å². The van der Waals surface area contributed by atoms with Crippen LogP contribution >= 0.6 is 0 Å². The van der Waals surface area contributed by atoms with Crippen molar-refractivity contribution in [3.8, 4) is 28.0 Å². The van der Waals surface area contributed by atoms with Gasteiger partial charge in [-0.05, 0) is 89.3 Å². The first-order valence-corrected chi connectivity index (χ1v) is 15.8. The zero-order valence-corrected chi connectivity index (χ0v) is 25.5. The highest BCUT2D eigenvalue weighted by molar-refractivity contribution is 5.76. The standard InChI is InChI=1S/C37H48F2O/c1-7-25(8-2)23-40-37-26(9-3)22-34(30(10-4)31(37)11-5)33-21-20-32(35(38)36(33)39)29-18-16-28(17-19-29)27-14-12-24(6)13-15-27/h16-22,24-25,27H,7-15,23H2,1-6H3. The summed E-state index contributed by atoms with van der Waals surface area (Å²) in [5.41, 5.74) is 6.71. The van der Waals surface area contributed by atoms with E-state index >= 15 is 8.78 Å². The summed E-state index contributed by atoms with van der Waals surface area (Å²) < 4.78 is 38.0. The molecule has 1 saturated carbocycles. The molecule has 3 heteroatoms. The van der Waals surface area contributed by atoms with Crippen LogP contribution in [0, 0.1) is 23.5 Å². The second-order valence-electron chi connectivity index (χ2n) is 11.8. The lowest BCUT2D eigenvalue weighted by Gasteiger charge is -2.26. The molecule has 216 valence electrons. The Hall–Kier alpha value is -2.68. The van der Waals surface area contributed by atoms with Gasteiger partial charge >= 0.3 is 0 Å². The summed E-state index contributed by atoms with van der Waals surface area (Å²) in [6.07, 6.45) is 9.39. The summed E-state index contributed by atoms with van der Waals surface area (Å²) in [4.78, 5) is 0. The fourth-order valence-corrected chi connectivity index (χ4v) is 6.52. The maximum absolute atomic E-state index is 15.9. The van der Waals surface area contributed by atoms with Crippen LogP contribution in [0.5, 0.6) is 5.75 Å². The first-order valence-electron chi connectivity index (χ1n) is 15.8. The molecule has 1 nitrogen and oxygen atoms in total. The van der Waals surface area contributed by atoms with Crippen molar-refractivity contribution in [1.29, 1.82) is 0 Å². The lowest BCUT2D eigenvalue weighted by atomic mass is 9.79. The van der Waals surface area contributed by atoms with Crippen molar-refractivity contribution >= 4 is 0 Å². The third kappa shape index (κ3) is 6.29. The van der Waals surface area contributed by atoms with Crippen LogP contribution < -0.4 is 4.74 Å². The Kier molecular flexibility index (Phi) is 10.4. The van der Waals surface area contributed by atoms with E-state index in [-0.39, 0.29) is 0 Å². The zero-order chi connectivity index (χ0) is 28.8. The molecule has 0 bridgehead atoms. The van der Waals surface area contributed by atoms with Gasteiger partial charge in [0, 0.05) is 11.1 Å². The number of aryl methyl sites for hydroxylation is 1. The fourth-order valence-electron chi connectivity index (χ4n) is 6.52. The molecule has 4 rings (SSSR count). The van der Waals surface area contributed by atoms with Crippen LogP contribution in [0.4, 0.5) is 8.78 Å². The monoisotopic (exact) mass is 546 g/mol. The van der Waals surface area contributed by atoms with Crippen LogP contribution in [-0.2, 0) is 19.3 Å². The molecule has 0 amide bonds. The van der Waals surface area contributed by atoms with Crippen LogP contribution in [0.25, 0.3) is 22.3 Å². The Labute approximate surface area is 241 Å². The van der Waals surface area contributed by atoms with Crippen molar-refractivity contribution < 1.29 is 13.5 Å². The minimum absolute atomic E-state index is 0.319. The topological polar surface area (TPSA) is 9.23 Å². The van der Waals surface area contributed by atoms with Gasteiger partial charge in [-0.2, -0.15) is 0 Å². The molecule has 3 aromatic rings. The highest BCUT2D eigenvalue weighted by atomic mass is 19.2. The van der Waals surface area contributed by atoms with Crippen molar-refractivity contribution in [1.82, 2.24) is 0 Å². The maximum atomic E-state index is 15.9. The summed E-state index contributed by atoms with van der Waals surface area (Å²) in [5, 5.41) is 0. The molecule has 1 aliphatic rings. The van der Waals surface area contributed by atoms with Crippen LogP contribution in [0.3, 0.4) is 0 Å². The van der Waals surface area contributed by atoms with Crippen molar-refractivity contribution in [3.05, 3.63) is 76.4 Å².